The molecule has 4 nitrogen and oxygen atoms in total. The van der Waals surface area contributed by atoms with Crippen molar-refractivity contribution in [1.29, 1.82) is 0 Å². The molecular formula is C11H15NO3S. The summed E-state index contributed by atoms with van der Waals surface area (Å²) < 4.78 is 5.29. The number of aliphatic hydroxyl groups is 1. The molecule has 2 rings (SSSR count). The first kappa shape index (κ1) is 11.6. The highest BCUT2D eigenvalue weighted by Crippen LogP contribution is 2.24. The van der Waals surface area contributed by atoms with E-state index < -0.39 is 5.60 Å². The van der Waals surface area contributed by atoms with Crippen LogP contribution in [-0.2, 0) is 4.74 Å². The molecule has 1 aliphatic rings. The highest BCUT2D eigenvalue weighted by molar-refractivity contribution is 7.08. The average Bonchev–Trinajstić information content (AvgIpc) is 2.87. The third-order valence-corrected chi connectivity index (χ3v) is 3.68. The van der Waals surface area contributed by atoms with Gasteiger partial charge in [0.2, 0.25) is 0 Å². The lowest BCUT2D eigenvalue weighted by Crippen LogP contribution is -2.47. The van der Waals surface area contributed by atoms with Crippen molar-refractivity contribution in [3.05, 3.63) is 22.4 Å². The topological polar surface area (TPSA) is 58.6 Å². The van der Waals surface area contributed by atoms with Crippen molar-refractivity contribution in [3.63, 3.8) is 0 Å². The van der Waals surface area contributed by atoms with Gasteiger partial charge in [0.15, 0.2) is 0 Å². The Hall–Kier alpha value is -0.910. The van der Waals surface area contributed by atoms with Crippen LogP contribution in [0.1, 0.15) is 23.7 Å². The van der Waals surface area contributed by atoms with E-state index >= 15 is 0 Å². The summed E-state index contributed by atoms with van der Waals surface area (Å²) in [6.45, 7) is 2.61. The Balaban J connectivity index is 1.90. The van der Waals surface area contributed by atoms with Gasteiger partial charge in [-0.25, -0.2) is 0 Å². The Labute approximate surface area is 98.2 Å². The summed E-state index contributed by atoms with van der Waals surface area (Å²) in [5.74, 6) is -0.145. The maximum absolute atomic E-state index is 11.7. The van der Waals surface area contributed by atoms with Crippen molar-refractivity contribution >= 4 is 17.2 Å². The molecule has 0 aromatic carbocycles. The number of rotatable bonds is 3. The molecule has 2 N–H and O–H groups in total. The summed E-state index contributed by atoms with van der Waals surface area (Å²) in [4.78, 5) is 11.7. The zero-order chi connectivity index (χ0) is 11.6. The van der Waals surface area contributed by atoms with E-state index in [1.54, 1.807) is 11.4 Å². The number of hydrogen-bond donors (Lipinski definition) is 2. The molecule has 0 spiro atoms. The maximum Gasteiger partial charge on any atom is 0.252 e. The number of hydrogen-bond acceptors (Lipinski definition) is 4. The van der Waals surface area contributed by atoms with Gasteiger partial charge in [-0.1, -0.05) is 0 Å². The minimum atomic E-state index is -0.925. The van der Waals surface area contributed by atoms with Gasteiger partial charge < -0.3 is 15.2 Å². The molecule has 0 bridgehead atoms. The summed E-state index contributed by atoms with van der Waals surface area (Å²) in [5, 5.41) is 16.5. The van der Waals surface area contributed by atoms with Gasteiger partial charge in [-0.15, -0.1) is 0 Å². The van der Waals surface area contributed by atoms with Gasteiger partial charge in [0.05, 0.1) is 6.10 Å². The largest absolute Gasteiger partial charge is 0.385 e. The molecule has 5 heteroatoms. The van der Waals surface area contributed by atoms with E-state index in [4.69, 9.17) is 4.74 Å². The molecule has 1 aromatic rings. The Morgan fingerprint density at radius 1 is 1.81 bits per heavy atom. The summed E-state index contributed by atoms with van der Waals surface area (Å²) in [5.41, 5.74) is -0.286. The SMILES string of the molecule is CC1OCCC1(O)CNC(=O)c1ccsc1. The van der Waals surface area contributed by atoms with Crippen LogP contribution in [0, 0.1) is 0 Å². The van der Waals surface area contributed by atoms with Gasteiger partial charge in [0.25, 0.3) is 5.91 Å². The van der Waals surface area contributed by atoms with Crippen LogP contribution in [0.5, 0.6) is 0 Å². The zero-order valence-corrected chi connectivity index (χ0v) is 9.92. The van der Waals surface area contributed by atoms with Crippen molar-refractivity contribution in [2.24, 2.45) is 0 Å². The number of nitrogens with one attached hydrogen (secondary N) is 1. The summed E-state index contributed by atoms with van der Waals surface area (Å²) in [6, 6.07) is 1.76. The van der Waals surface area contributed by atoms with E-state index in [0.717, 1.165) is 0 Å². The number of amides is 1. The van der Waals surface area contributed by atoms with Crippen LogP contribution in [0.25, 0.3) is 0 Å². The number of carbonyl (C=O) groups excluding carboxylic acids is 1. The number of ether oxygens (including phenoxy) is 1. The van der Waals surface area contributed by atoms with E-state index in [1.165, 1.54) is 11.3 Å². The molecule has 1 aliphatic heterocycles. The van der Waals surface area contributed by atoms with Gasteiger partial charge >= 0.3 is 0 Å². The molecule has 2 atom stereocenters. The quantitative estimate of drug-likeness (QED) is 0.830. The third kappa shape index (κ3) is 2.26. The fourth-order valence-electron chi connectivity index (χ4n) is 1.73. The van der Waals surface area contributed by atoms with Gasteiger partial charge in [-0.2, -0.15) is 11.3 Å². The van der Waals surface area contributed by atoms with Gasteiger partial charge in [-0.3, -0.25) is 4.79 Å². The van der Waals surface area contributed by atoms with Gasteiger partial charge in [0.1, 0.15) is 5.60 Å². The van der Waals surface area contributed by atoms with E-state index in [0.29, 0.717) is 18.6 Å². The fraction of sp³-hybridized carbons (Fsp3) is 0.545. The Morgan fingerprint density at radius 3 is 3.19 bits per heavy atom. The van der Waals surface area contributed by atoms with Gasteiger partial charge in [-0.05, 0) is 18.4 Å². The molecule has 1 amide bonds. The predicted octanol–water partition coefficient (Wildman–Crippen LogP) is 1.02. The Kier molecular flexibility index (Phi) is 3.28. The number of carbonyl (C=O) groups is 1. The second kappa shape index (κ2) is 4.53. The van der Waals surface area contributed by atoms with Crippen LogP contribution in [0.3, 0.4) is 0 Å². The van der Waals surface area contributed by atoms with Crippen LogP contribution >= 0.6 is 11.3 Å². The van der Waals surface area contributed by atoms with Crippen LogP contribution in [0.2, 0.25) is 0 Å². The highest BCUT2D eigenvalue weighted by Gasteiger charge is 2.39. The Morgan fingerprint density at radius 2 is 2.62 bits per heavy atom. The minimum Gasteiger partial charge on any atom is -0.385 e. The van der Waals surface area contributed by atoms with Crippen molar-refractivity contribution in [2.75, 3.05) is 13.2 Å². The Bertz CT molecular complexity index is 365. The first-order valence-electron chi connectivity index (χ1n) is 5.26. The lowest BCUT2D eigenvalue weighted by Gasteiger charge is -2.25. The van der Waals surface area contributed by atoms with Crippen molar-refractivity contribution < 1.29 is 14.6 Å². The van der Waals surface area contributed by atoms with Crippen LogP contribution < -0.4 is 5.32 Å². The molecule has 1 aromatic heterocycles. The summed E-state index contributed by atoms with van der Waals surface area (Å²) >= 11 is 1.48. The molecular weight excluding hydrogens is 226 g/mol. The molecule has 0 radical (unpaired) electrons. The number of thiophene rings is 1. The average molecular weight is 241 g/mol. The second-order valence-electron chi connectivity index (χ2n) is 4.06. The lowest BCUT2D eigenvalue weighted by atomic mass is 9.96. The van der Waals surface area contributed by atoms with Crippen LogP contribution in [-0.4, -0.2) is 35.9 Å². The van der Waals surface area contributed by atoms with E-state index in [-0.39, 0.29) is 18.6 Å². The molecule has 16 heavy (non-hydrogen) atoms. The molecule has 88 valence electrons. The fourth-order valence-corrected chi connectivity index (χ4v) is 2.37. The molecule has 1 fully saturated rings. The molecule has 2 unspecified atom stereocenters. The van der Waals surface area contributed by atoms with Crippen molar-refractivity contribution in [1.82, 2.24) is 5.32 Å². The first-order valence-corrected chi connectivity index (χ1v) is 6.20. The van der Waals surface area contributed by atoms with E-state index in [1.807, 2.05) is 12.3 Å². The van der Waals surface area contributed by atoms with Gasteiger partial charge in [0, 0.05) is 30.5 Å². The van der Waals surface area contributed by atoms with Crippen LogP contribution in [0.4, 0.5) is 0 Å². The standard InChI is InChI=1S/C11H15NO3S/c1-8-11(14,3-4-15-8)7-12-10(13)9-2-5-16-6-9/h2,5-6,8,14H,3-4,7H2,1H3,(H,12,13). The molecule has 1 saturated heterocycles. The zero-order valence-electron chi connectivity index (χ0n) is 9.10. The van der Waals surface area contributed by atoms with Crippen molar-refractivity contribution in [3.8, 4) is 0 Å². The maximum atomic E-state index is 11.7. The summed E-state index contributed by atoms with van der Waals surface area (Å²) in [6.07, 6.45) is 0.341. The first-order chi connectivity index (χ1) is 7.62. The third-order valence-electron chi connectivity index (χ3n) is 3.00. The minimum absolute atomic E-state index is 0.145. The molecule has 2 heterocycles. The van der Waals surface area contributed by atoms with E-state index in [9.17, 15) is 9.90 Å². The highest BCUT2D eigenvalue weighted by atomic mass is 32.1. The van der Waals surface area contributed by atoms with E-state index in [2.05, 4.69) is 5.32 Å². The normalized spacial score (nSPS) is 29.2. The summed E-state index contributed by atoms with van der Waals surface area (Å²) in [7, 11) is 0. The lowest BCUT2D eigenvalue weighted by molar-refractivity contribution is -0.0251. The molecule has 0 aliphatic carbocycles. The smallest absolute Gasteiger partial charge is 0.252 e. The van der Waals surface area contributed by atoms with Crippen LogP contribution in [0.15, 0.2) is 16.8 Å². The monoisotopic (exact) mass is 241 g/mol. The predicted molar refractivity (Wildman–Crippen MR) is 61.6 cm³/mol. The second-order valence-corrected chi connectivity index (χ2v) is 4.84. The molecule has 0 saturated carbocycles. The van der Waals surface area contributed by atoms with Crippen molar-refractivity contribution in [2.45, 2.75) is 25.0 Å².